The van der Waals surface area contributed by atoms with Gasteiger partial charge in [0.15, 0.2) is 0 Å². The van der Waals surface area contributed by atoms with E-state index in [1.54, 1.807) is 12.1 Å². The van der Waals surface area contributed by atoms with Crippen molar-refractivity contribution in [2.24, 2.45) is 5.92 Å². The highest BCUT2D eigenvalue weighted by Crippen LogP contribution is 2.32. The van der Waals surface area contributed by atoms with Crippen molar-refractivity contribution in [2.75, 3.05) is 7.05 Å². The van der Waals surface area contributed by atoms with Crippen LogP contribution in [0, 0.1) is 5.92 Å². The molecule has 0 fully saturated rings. The number of phenolic OH excluding ortho intramolecular Hbond substituents is 1. The van der Waals surface area contributed by atoms with Crippen LogP contribution in [0.2, 0.25) is 10.0 Å². The van der Waals surface area contributed by atoms with Gasteiger partial charge in [0, 0.05) is 23.2 Å². The maximum absolute atomic E-state index is 9.87. The fourth-order valence-electron chi connectivity index (χ4n) is 1.66. The van der Waals surface area contributed by atoms with Crippen LogP contribution in [0.4, 0.5) is 0 Å². The molecule has 0 saturated carbocycles. The number of aromatic hydroxyl groups is 1. The highest BCUT2D eigenvalue weighted by molar-refractivity contribution is 6.35. The Bertz CT molecular complexity index is 393. The molecule has 1 aromatic rings. The Balaban J connectivity index is 2.88. The van der Waals surface area contributed by atoms with Crippen molar-refractivity contribution in [3.05, 3.63) is 27.7 Å². The normalized spacial score (nSPS) is 13.4. The molecule has 0 aromatic heterocycles. The van der Waals surface area contributed by atoms with Gasteiger partial charge in [-0.3, -0.25) is 4.90 Å². The maximum Gasteiger partial charge on any atom is 0.138 e. The van der Waals surface area contributed by atoms with E-state index in [0.29, 0.717) is 28.5 Å². The quantitative estimate of drug-likeness (QED) is 0.892. The molecule has 0 amide bonds. The predicted octanol–water partition coefficient (Wildman–Crippen LogP) is 4.18. The van der Waals surface area contributed by atoms with Gasteiger partial charge in [0.05, 0.1) is 5.02 Å². The zero-order valence-electron chi connectivity index (χ0n) is 10.7. The lowest BCUT2D eigenvalue weighted by atomic mass is 10.0. The molecule has 1 N–H and O–H groups in total. The Morgan fingerprint density at radius 1 is 1.24 bits per heavy atom. The highest BCUT2D eigenvalue weighted by Gasteiger charge is 2.16. The summed E-state index contributed by atoms with van der Waals surface area (Å²) in [6.07, 6.45) is 0. The highest BCUT2D eigenvalue weighted by atomic mass is 35.5. The van der Waals surface area contributed by atoms with Gasteiger partial charge >= 0.3 is 0 Å². The molecule has 0 aliphatic carbocycles. The van der Waals surface area contributed by atoms with E-state index in [9.17, 15) is 5.11 Å². The summed E-state index contributed by atoms with van der Waals surface area (Å²) in [5.74, 6) is 0.677. The van der Waals surface area contributed by atoms with Crippen LogP contribution in [0.25, 0.3) is 0 Å². The summed E-state index contributed by atoms with van der Waals surface area (Å²) in [5, 5.41) is 10.7. The molecule has 0 aliphatic rings. The predicted molar refractivity (Wildman–Crippen MR) is 73.9 cm³/mol. The molecule has 0 radical (unpaired) electrons. The lowest BCUT2D eigenvalue weighted by Gasteiger charge is -2.28. The zero-order valence-corrected chi connectivity index (χ0v) is 12.2. The van der Waals surface area contributed by atoms with Crippen molar-refractivity contribution < 1.29 is 5.11 Å². The minimum absolute atomic E-state index is 0.124. The molecule has 1 atom stereocenters. The summed E-state index contributed by atoms with van der Waals surface area (Å²) in [4.78, 5) is 2.17. The van der Waals surface area contributed by atoms with Gasteiger partial charge in [-0.2, -0.15) is 0 Å². The van der Waals surface area contributed by atoms with Gasteiger partial charge in [-0.25, -0.2) is 0 Å². The van der Waals surface area contributed by atoms with E-state index < -0.39 is 0 Å². The Hall–Kier alpha value is -0.440. The van der Waals surface area contributed by atoms with Crippen LogP contribution in [0.5, 0.6) is 5.75 Å². The molecule has 1 rings (SSSR count). The number of rotatable bonds is 4. The zero-order chi connectivity index (χ0) is 13.2. The second-order valence-corrected chi connectivity index (χ2v) is 5.64. The van der Waals surface area contributed by atoms with Crippen molar-refractivity contribution in [3.63, 3.8) is 0 Å². The summed E-state index contributed by atoms with van der Waals surface area (Å²) in [6.45, 7) is 7.14. The van der Waals surface area contributed by atoms with E-state index in [4.69, 9.17) is 23.2 Å². The second kappa shape index (κ2) is 5.94. The first kappa shape index (κ1) is 14.6. The van der Waals surface area contributed by atoms with Gasteiger partial charge in [0.25, 0.3) is 0 Å². The van der Waals surface area contributed by atoms with Crippen molar-refractivity contribution in [3.8, 4) is 5.75 Å². The third kappa shape index (κ3) is 3.77. The van der Waals surface area contributed by atoms with E-state index in [1.165, 1.54) is 0 Å². The smallest absolute Gasteiger partial charge is 0.138 e. The standard InChI is InChI=1S/C13H19Cl2NO/c1-8(2)9(3)16(4)7-10-5-11(14)6-12(15)13(10)17/h5-6,8-9,17H,7H2,1-4H3. The van der Waals surface area contributed by atoms with Crippen LogP contribution in [-0.4, -0.2) is 23.1 Å². The van der Waals surface area contributed by atoms with Gasteiger partial charge in [-0.05, 0) is 32.0 Å². The summed E-state index contributed by atoms with van der Waals surface area (Å²) >= 11 is 11.8. The lowest BCUT2D eigenvalue weighted by Crippen LogP contribution is -2.32. The van der Waals surface area contributed by atoms with Crippen LogP contribution in [-0.2, 0) is 6.54 Å². The van der Waals surface area contributed by atoms with E-state index >= 15 is 0 Å². The Morgan fingerprint density at radius 3 is 2.35 bits per heavy atom. The van der Waals surface area contributed by atoms with Crippen LogP contribution in [0.15, 0.2) is 12.1 Å². The molecular weight excluding hydrogens is 257 g/mol. The Kier molecular flexibility index (Phi) is 5.11. The molecule has 17 heavy (non-hydrogen) atoms. The van der Waals surface area contributed by atoms with Gasteiger partial charge < -0.3 is 5.11 Å². The number of phenols is 1. The van der Waals surface area contributed by atoms with Gasteiger partial charge in [0.2, 0.25) is 0 Å². The first-order valence-corrected chi connectivity index (χ1v) is 6.45. The van der Waals surface area contributed by atoms with E-state index in [1.807, 2.05) is 7.05 Å². The Morgan fingerprint density at radius 2 is 1.82 bits per heavy atom. The average molecular weight is 276 g/mol. The maximum atomic E-state index is 9.87. The molecule has 1 unspecified atom stereocenters. The van der Waals surface area contributed by atoms with Crippen molar-refractivity contribution >= 4 is 23.2 Å². The van der Waals surface area contributed by atoms with E-state index in [0.717, 1.165) is 5.56 Å². The Labute approximate surface area is 113 Å². The molecule has 2 nitrogen and oxygen atoms in total. The SMILES string of the molecule is CC(C)C(C)N(C)Cc1cc(Cl)cc(Cl)c1O. The molecule has 0 spiro atoms. The van der Waals surface area contributed by atoms with Gasteiger partial charge in [-0.15, -0.1) is 0 Å². The fourth-order valence-corrected chi connectivity index (χ4v) is 2.20. The van der Waals surface area contributed by atoms with Crippen LogP contribution in [0.1, 0.15) is 26.3 Å². The minimum atomic E-state index is 0.124. The van der Waals surface area contributed by atoms with Crippen molar-refractivity contribution in [1.29, 1.82) is 0 Å². The average Bonchev–Trinajstić information content (AvgIpc) is 2.23. The molecule has 4 heteroatoms. The third-order valence-corrected chi connectivity index (χ3v) is 3.69. The second-order valence-electron chi connectivity index (χ2n) is 4.80. The number of halogens is 2. The van der Waals surface area contributed by atoms with Crippen molar-refractivity contribution in [1.82, 2.24) is 4.90 Å². The van der Waals surface area contributed by atoms with Crippen LogP contribution < -0.4 is 0 Å². The molecule has 0 aliphatic heterocycles. The summed E-state index contributed by atoms with van der Waals surface area (Å²) in [7, 11) is 2.03. The van der Waals surface area contributed by atoms with Crippen LogP contribution >= 0.6 is 23.2 Å². The number of hydrogen-bond donors (Lipinski definition) is 1. The monoisotopic (exact) mass is 275 g/mol. The van der Waals surface area contributed by atoms with Gasteiger partial charge in [0.1, 0.15) is 5.75 Å². The topological polar surface area (TPSA) is 23.5 Å². The van der Waals surface area contributed by atoms with E-state index in [-0.39, 0.29) is 5.75 Å². The number of benzene rings is 1. The number of hydrogen-bond acceptors (Lipinski definition) is 2. The van der Waals surface area contributed by atoms with E-state index in [2.05, 4.69) is 25.7 Å². The molecule has 0 bridgehead atoms. The summed E-state index contributed by atoms with van der Waals surface area (Å²) < 4.78 is 0. The number of nitrogens with zero attached hydrogens (tertiary/aromatic N) is 1. The minimum Gasteiger partial charge on any atom is -0.506 e. The molecule has 96 valence electrons. The van der Waals surface area contributed by atoms with Gasteiger partial charge in [-0.1, -0.05) is 37.0 Å². The third-order valence-electron chi connectivity index (χ3n) is 3.19. The fraction of sp³-hybridized carbons (Fsp3) is 0.538. The first-order chi connectivity index (χ1) is 7.82. The first-order valence-electron chi connectivity index (χ1n) is 5.70. The molecular formula is C13H19Cl2NO. The summed E-state index contributed by atoms with van der Waals surface area (Å²) in [6, 6.07) is 3.73. The van der Waals surface area contributed by atoms with Crippen molar-refractivity contribution in [2.45, 2.75) is 33.4 Å². The van der Waals surface area contributed by atoms with Crippen LogP contribution in [0.3, 0.4) is 0 Å². The molecule has 0 saturated heterocycles. The molecule has 0 heterocycles. The summed E-state index contributed by atoms with van der Waals surface area (Å²) in [5.41, 5.74) is 0.762. The molecule has 1 aromatic carbocycles. The lowest BCUT2D eigenvalue weighted by molar-refractivity contribution is 0.198. The largest absolute Gasteiger partial charge is 0.506 e.